The highest BCUT2D eigenvalue weighted by Gasteiger charge is 2.32. The normalized spacial score (nSPS) is 17.1. The van der Waals surface area contributed by atoms with E-state index in [1.165, 1.54) is 35.0 Å². The Balaban J connectivity index is 1.82. The van der Waals surface area contributed by atoms with E-state index in [4.69, 9.17) is 0 Å². The van der Waals surface area contributed by atoms with Crippen molar-refractivity contribution in [2.75, 3.05) is 19.6 Å². The van der Waals surface area contributed by atoms with Gasteiger partial charge >= 0.3 is 0 Å². The zero-order valence-electron chi connectivity index (χ0n) is 15.8. The first-order valence-corrected chi connectivity index (χ1v) is 9.69. The molecule has 1 aliphatic rings. The summed E-state index contributed by atoms with van der Waals surface area (Å²) in [5, 5.41) is 4.88. The summed E-state index contributed by atoms with van der Waals surface area (Å²) in [5.41, 5.74) is 4.07. The van der Waals surface area contributed by atoms with Crippen LogP contribution in [0.4, 0.5) is 0 Å². The van der Waals surface area contributed by atoms with Crippen molar-refractivity contribution in [3.05, 3.63) is 35.5 Å². The largest absolute Gasteiger partial charge is 0.346 e. The van der Waals surface area contributed by atoms with Crippen LogP contribution >= 0.6 is 0 Å². The first-order chi connectivity index (χ1) is 12.1. The molecule has 0 spiro atoms. The van der Waals surface area contributed by atoms with Crippen molar-refractivity contribution in [2.24, 2.45) is 7.05 Å². The molecular weight excluding hydrogens is 310 g/mol. The second kappa shape index (κ2) is 8.05. The van der Waals surface area contributed by atoms with Crippen LogP contribution in [-0.4, -0.2) is 35.0 Å². The molecule has 1 amide bonds. The summed E-state index contributed by atoms with van der Waals surface area (Å²) < 4.78 is 2.31. The van der Waals surface area contributed by atoms with Crippen LogP contribution in [0.2, 0.25) is 0 Å². The van der Waals surface area contributed by atoms with E-state index in [2.05, 4.69) is 53.0 Å². The molecule has 0 bridgehead atoms. The number of aromatic nitrogens is 1. The highest BCUT2D eigenvalue weighted by molar-refractivity contribution is 5.86. The van der Waals surface area contributed by atoms with Gasteiger partial charge in [-0.05, 0) is 50.4 Å². The molecule has 1 atom stereocenters. The molecule has 0 fully saturated rings. The van der Waals surface area contributed by atoms with Crippen molar-refractivity contribution in [2.45, 2.75) is 52.0 Å². The Hall–Kier alpha value is -1.81. The number of amides is 1. The second-order valence-electron chi connectivity index (χ2n) is 7.16. The number of hydrogen-bond donors (Lipinski definition) is 1. The first-order valence-electron chi connectivity index (χ1n) is 9.69. The fourth-order valence-corrected chi connectivity index (χ4v) is 4.23. The molecule has 0 aliphatic carbocycles. The molecule has 2 aromatic rings. The molecule has 0 radical (unpaired) electrons. The molecule has 3 rings (SSSR count). The van der Waals surface area contributed by atoms with Gasteiger partial charge in [-0.25, -0.2) is 0 Å². The van der Waals surface area contributed by atoms with Gasteiger partial charge < -0.3 is 14.8 Å². The number of para-hydroxylation sites is 1. The van der Waals surface area contributed by atoms with Crippen LogP contribution in [0.3, 0.4) is 0 Å². The minimum atomic E-state index is 0.194. The Bertz CT molecular complexity index is 734. The molecule has 1 aromatic carbocycles. The third kappa shape index (κ3) is 3.59. The zero-order valence-corrected chi connectivity index (χ0v) is 15.8. The zero-order chi connectivity index (χ0) is 17.8. The van der Waals surface area contributed by atoms with Gasteiger partial charge in [0.05, 0.1) is 6.04 Å². The van der Waals surface area contributed by atoms with E-state index >= 15 is 0 Å². The van der Waals surface area contributed by atoms with Gasteiger partial charge in [0.15, 0.2) is 0 Å². The summed E-state index contributed by atoms with van der Waals surface area (Å²) in [6.07, 6.45) is 5.54. The molecule has 1 aliphatic heterocycles. The Labute approximate surface area is 151 Å². The minimum absolute atomic E-state index is 0.194. The number of benzene rings is 1. The second-order valence-corrected chi connectivity index (χ2v) is 7.16. The third-order valence-electron chi connectivity index (χ3n) is 5.50. The predicted octanol–water partition coefficient (Wildman–Crippen LogP) is 3.79. The monoisotopic (exact) mass is 341 g/mol. The van der Waals surface area contributed by atoms with Gasteiger partial charge in [-0.3, -0.25) is 4.79 Å². The fourth-order valence-electron chi connectivity index (χ4n) is 4.23. The summed E-state index contributed by atoms with van der Waals surface area (Å²) in [7, 11) is 2.15. The lowest BCUT2D eigenvalue weighted by Gasteiger charge is -2.36. The fraction of sp³-hybridized carbons (Fsp3) is 0.571. The maximum absolute atomic E-state index is 12.2. The van der Waals surface area contributed by atoms with Crippen molar-refractivity contribution in [3.63, 3.8) is 0 Å². The van der Waals surface area contributed by atoms with Crippen LogP contribution in [0.5, 0.6) is 0 Å². The van der Waals surface area contributed by atoms with Gasteiger partial charge in [-0.1, -0.05) is 31.5 Å². The SMILES string of the molecule is CCCCNCCCC1c2c(c3ccccc3n2C)CCN1C(C)=O. The van der Waals surface area contributed by atoms with E-state index in [1.54, 1.807) is 6.92 Å². The molecule has 1 N–H and O–H groups in total. The maximum Gasteiger partial charge on any atom is 0.220 e. The van der Waals surface area contributed by atoms with Gasteiger partial charge in [0.25, 0.3) is 0 Å². The lowest BCUT2D eigenvalue weighted by molar-refractivity contribution is -0.132. The summed E-state index contributed by atoms with van der Waals surface area (Å²) >= 11 is 0. The van der Waals surface area contributed by atoms with Gasteiger partial charge in [-0.2, -0.15) is 0 Å². The third-order valence-corrected chi connectivity index (χ3v) is 5.50. The summed E-state index contributed by atoms with van der Waals surface area (Å²) in [6, 6.07) is 8.83. The van der Waals surface area contributed by atoms with Gasteiger partial charge in [0.2, 0.25) is 5.91 Å². The van der Waals surface area contributed by atoms with Crippen LogP contribution < -0.4 is 5.32 Å². The van der Waals surface area contributed by atoms with Gasteiger partial charge in [0, 0.05) is 37.1 Å². The average molecular weight is 341 g/mol. The van der Waals surface area contributed by atoms with Crippen LogP contribution in [0.25, 0.3) is 10.9 Å². The summed E-state index contributed by atoms with van der Waals surface area (Å²) in [4.78, 5) is 14.3. The van der Waals surface area contributed by atoms with Crippen molar-refractivity contribution >= 4 is 16.8 Å². The topological polar surface area (TPSA) is 37.3 Å². The molecule has 0 saturated carbocycles. The summed E-state index contributed by atoms with van der Waals surface area (Å²) in [5.74, 6) is 0.194. The van der Waals surface area contributed by atoms with Crippen LogP contribution in [-0.2, 0) is 18.3 Å². The summed E-state index contributed by atoms with van der Waals surface area (Å²) in [6.45, 7) is 6.89. The maximum atomic E-state index is 12.2. The lowest BCUT2D eigenvalue weighted by atomic mass is 9.94. The number of aryl methyl sites for hydroxylation is 1. The Morgan fingerprint density at radius 3 is 2.76 bits per heavy atom. The number of hydrogen-bond acceptors (Lipinski definition) is 2. The molecule has 0 saturated heterocycles. The molecule has 4 nitrogen and oxygen atoms in total. The number of nitrogens with zero attached hydrogens (tertiary/aromatic N) is 2. The molecule has 1 aromatic heterocycles. The van der Waals surface area contributed by atoms with Crippen molar-refractivity contribution in [1.82, 2.24) is 14.8 Å². The van der Waals surface area contributed by atoms with Gasteiger partial charge in [-0.15, -0.1) is 0 Å². The first kappa shape index (κ1) is 18.0. The quantitative estimate of drug-likeness (QED) is 0.778. The van der Waals surface area contributed by atoms with Crippen LogP contribution in [0, 0.1) is 0 Å². The highest BCUT2D eigenvalue weighted by atomic mass is 16.2. The molecule has 4 heteroatoms. The van der Waals surface area contributed by atoms with Crippen molar-refractivity contribution in [1.29, 1.82) is 0 Å². The van der Waals surface area contributed by atoms with Crippen LogP contribution in [0.1, 0.15) is 56.8 Å². The predicted molar refractivity (Wildman–Crippen MR) is 104 cm³/mol. The smallest absolute Gasteiger partial charge is 0.220 e. The van der Waals surface area contributed by atoms with E-state index in [1.807, 2.05) is 0 Å². The van der Waals surface area contributed by atoms with Crippen LogP contribution in [0.15, 0.2) is 24.3 Å². The van der Waals surface area contributed by atoms with E-state index in [9.17, 15) is 4.79 Å². The number of carbonyl (C=O) groups excluding carboxylic acids is 1. The van der Waals surface area contributed by atoms with E-state index in [0.717, 1.165) is 38.9 Å². The number of unbranched alkanes of at least 4 members (excludes halogenated alkanes) is 1. The number of nitrogens with one attached hydrogen (secondary N) is 1. The highest BCUT2D eigenvalue weighted by Crippen LogP contribution is 2.38. The number of rotatable bonds is 7. The Morgan fingerprint density at radius 2 is 2.00 bits per heavy atom. The van der Waals surface area contributed by atoms with E-state index in [0.29, 0.717) is 0 Å². The molecular formula is C21H31N3O. The Morgan fingerprint density at radius 1 is 1.24 bits per heavy atom. The van der Waals surface area contributed by atoms with E-state index in [-0.39, 0.29) is 11.9 Å². The molecule has 2 heterocycles. The molecule has 1 unspecified atom stereocenters. The lowest BCUT2D eigenvalue weighted by Crippen LogP contribution is -2.39. The minimum Gasteiger partial charge on any atom is -0.346 e. The van der Waals surface area contributed by atoms with Crippen molar-refractivity contribution in [3.8, 4) is 0 Å². The van der Waals surface area contributed by atoms with Crippen molar-refractivity contribution < 1.29 is 4.79 Å². The number of carbonyl (C=O) groups is 1. The van der Waals surface area contributed by atoms with Gasteiger partial charge in [0.1, 0.15) is 0 Å². The standard InChI is InChI=1S/C21H31N3O/c1-4-5-13-22-14-8-11-20-21-18(12-15-24(20)16(2)25)17-9-6-7-10-19(17)23(21)3/h6-7,9-10,20,22H,4-5,8,11-15H2,1-3H3. The number of fused-ring (bicyclic) bond motifs is 3. The average Bonchev–Trinajstić information content (AvgIpc) is 2.91. The molecule has 25 heavy (non-hydrogen) atoms. The molecule has 136 valence electrons. The van der Waals surface area contributed by atoms with E-state index < -0.39 is 0 Å². The Kier molecular flexibility index (Phi) is 5.79.